The van der Waals surface area contributed by atoms with Crippen LogP contribution in [0.4, 0.5) is 4.39 Å². The number of aliphatic hydroxyl groups excluding tert-OH is 1. The van der Waals surface area contributed by atoms with Gasteiger partial charge in [-0.1, -0.05) is 11.6 Å². The van der Waals surface area contributed by atoms with E-state index in [1.54, 1.807) is 6.07 Å². The smallest absolute Gasteiger partial charge is 0.145 e. The molecule has 0 bridgehead atoms. The van der Waals surface area contributed by atoms with E-state index in [1.807, 2.05) is 0 Å². The van der Waals surface area contributed by atoms with Crippen LogP contribution >= 0.6 is 11.6 Å². The highest BCUT2D eigenvalue weighted by Crippen LogP contribution is 2.29. The summed E-state index contributed by atoms with van der Waals surface area (Å²) in [5, 5.41) is 9.41. The molecule has 0 amide bonds. The Bertz CT molecular complexity index is 385. The van der Waals surface area contributed by atoms with Gasteiger partial charge in [-0.05, 0) is 12.1 Å². The number of ether oxygens (including phenoxy) is 2. The van der Waals surface area contributed by atoms with Gasteiger partial charge in [0.2, 0.25) is 0 Å². The third-order valence-corrected chi connectivity index (χ3v) is 2.98. The molecule has 0 spiro atoms. The van der Waals surface area contributed by atoms with Gasteiger partial charge in [0.1, 0.15) is 23.8 Å². The van der Waals surface area contributed by atoms with Crippen molar-refractivity contribution in [2.45, 2.75) is 24.7 Å². The van der Waals surface area contributed by atoms with Gasteiger partial charge in [0.15, 0.2) is 0 Å². The SMILES string of the molecule is COC1C(O)CC1Oc1ccc(Cl)c(F)c1. The van der Waals surface area contributed by atoms with Gasteiger partial charge in [-0.15, -0.1) is 0 Å². The number of halogens is 2. The highest BCUT2D eigenvalue weighted by molar-refractivity contribution is 6.30. The Balaban J connectivity index is 2.02. The van der Waals surface area contributed by atoms with Crippen LogP contribution in [0.3, 0.4) is 0 Å². The first-order chi connectivity index (χ1) is 7.61. The van der Waals surface area contributed by atoms with Crippen molar-refractivity contribution in [1.29, 1.82) is 0 Å². The summed E-state index contributed by atoms with van der Waals surface area (Å²) in [5.74, 6) is -0.131. The molecule has 0 aliphatic heterocycles. The fourth-order valence-electron chi connectivity index (χ4n) is 1.71. The third kappa shape index (κ3) is 2.14. The predicted octanol–water partition coefficient (Wildman–Crippen LogP) is 2.01. The lowest BCUT2D eigenvalue weighted by Gasteiger charge is -2.39. The molecule has 0 heterocycles. The lowest BCUT2D eigenvalue weighted by atomic mass is 9.88. The number of methoxy groups -OCH3 is 1. The molecule has 3 nitrogen and oxygen atoms in total. The lowest BCUT2D eigenvalue weighted by Crippen LogP contribution is -2.54. The first-order valence-electron chi connectivity index (χ1n) is 4.94. The maximum absolute atomic E-state index is 13.1. The lowest BCUT2D eigenvalue weighted by molar-refractivity contribution is -0.149. The molecule has 1 aliphatic rings. The summed E-state index contributed by atoms with van der Waals surface area (Å²) in [7, 11) is 1.51. The Hall–Kier alpha value is -0.840. The van der Waals surface area contributed by atoms with E-state index < -0.39 is 11.9 Å². The Kier molecular flexibility index (Phi) is 3.33. The number of rotatable bonds is 3. The van der Waals surface area contributed by atoms with Crippen LogP contribution in [0.1, 0.15) is 6.42 Å². The molecule has 2 rings (SSSR count). The molecule has 0 aromatic heterocycles. The zero-order valence-corrected chi connectivity index (χ0v) is 9.45. The van der Waals surface area contributed by atoms with Crippen molar-refractivity contribution in [3.8, 4) is 5.75 Å². The summed E-state index contributed by atoms with van der Waals surface area (Å²) in [6, 6.07) is 4.24. The molecule has 1 aromatic rings. The monoisotopic (exact) mass is 246 g/mol. The second kappa shape index (κ2) is 4.57. The standard InChI is InChI=1S/C11H12ClFO3/c1-15-11-9(14)5-10(11)16-6-2-3-7(12)8(13)4-6/h2-4,9-11,14H,5H2,1H3. The summed E-state index contributed by atoms with van der Waals surface area (Å²) in [6.45, 7) is 0. The van der Waals surface area contributed by atoms with E-state index in [9.17, 15) is 9.50 Å². The van der Waals surface area contributed by atoms with Crippen molar-refractivity contribution >= 4 is 11.6 Å². The van der Waals surface area contributed by atoms with Gasteiger partial charge in [0.25, 0.3) is 0 Å². The Labute approximate surface area is 97.7 Å². The van der Waals surface area contributed by atoms with Crippen LogP contribution in [0.5, 0.6) is 5.75 Å². The Morgan fingerprint density at radius 1 is 1.50 bits per heavy atom. The van der Waals surface area contributed by atoms with Crippen LogP contribution < -0.4 is 4.74 Å². The molecular weight excluding hydrogens is 235 g/mol. The van der Waals surface area contributed by atoms with Crippen LogP contribution in [0.25, 0.3) is 0 Å². The minimum absolute atomic E-state index is 0.0595. The molecular formula is C11H12ClFO3. The molecule has 1 fully saturated rings. The van der Waals surface area contributed by atoms with E-state index in [1.165, 1.54) is 19.2 Å². The van der Waals surface area contributed by atoms with Crippen LogP contribution in [0, 0.1) is 5.82 Å². The van der Waals surface area contributed by atoms with Crippen molar-refractivity contribution in [1.82, 2.24) is 0 Å². The zero-order chi connectivity index (χ0) is 11.7. The molecule has 1 aromatic carbocycles. The van der Waals surface area contributed by atoms with Crippen LogP contribution in [0.2, 0.25) is 5.02 Å². The van der Waals surface area contributed by atoms with Gasteiger partial charge in [-0.2, -0.15) is 0 Å². The van der Waals surface area contributed by atoms with E-state index in [0.717, 1.165) is 0 Å². The van der Waals surface area contributed by atoms with Crippen molar-refractivity contribution in [3.05, 3.63) is 29.0 Å². The summed E-state index contributed by atoms with van der Waals surface area (Å²) < 4.78 is 23.6. The van der Waals surface area contributed by atoms with Crippen LogP contribution in [-0.2, 0) is 4.74 Å². The van der Waals surface area contributed by atoms with E-state index in [0.29, 0.717) is 12.2 Å². The molecule has 0 radical (unpaired) electrons. The topological polar surface area (TPSA) is 38.7 Å². The first-order valence-corrected chi connectivity index (χ1v) is 5.32. The van der Waals surface area contributed by atoms with Crippen molar-refractivity contribution in [2.75, 3.05) is 7.11 Å². The fourth-order valence-corrected chi connectivity index (χ4v) is 1.82. The summed E-state index contributed by atoms with van der Waals surface area (Å²) in [5.41, 5.74) is 0. The van der Waals surface area contributed by atoms with Gasteiger partial charge >= 0.3 is 0 Å². The van der Waals surface area contributed by atoms with Crippen molar-refractivity contribution in [2.24, 2.45) is 0 Å². The summed E-state index contributed by atoms with van der Waals surface area (Å²) >= 11 is 5.55. The molecule has 16 heavy (non-hydrogen) atoms. The molecule has 1 saturated carbocycles. The second-order valence-electron chi connectivity index (χ2n) is 3.74. The maximum atomic E-state index is 13.1. The van der Waals surface area contributed by atoms with Gasteiger partial charge in [-0.3, -0.25) is 0 Å². The van der Waals surface area contributed by atoms with Crippen LogP contribution in [-0.4, -0.2) is 30.5 Å². The van der Waals surface area contributed by atoms with E-state index in [2.05, 4.69) is 0 Å². The molecule has 1 aliphatic carbocycles. The first kappa shape index (κ1) is 11.6. The number of hydrogen-bond donors (Lipinski definition) is 1. The van der Waals surface area contributed by atoms with Crippen LogP contribution in [0.15, 0.2) is 18.2 Å². The van der Waals surface area contributed by atoms with Crippen molar-refractivity contribution in [3.63, 3.8) is 0 Å². The van der Waals surface area contributed by atoms with Gasteiger partial charge in [0.05, 0.1) is 11.1 Å². The highest BCUT2D eigenvalue weighted by Gasteiger charge is 2.42. The molecule has 1 N–H and O–H groups in total. The van der Waals surface area contributed by atoms with E-state index in [4.69, 9.17) is 21.1 Å². The minimum atomic E-state index is -0.520. The quantitative estimate of drug-likeness (QED) is 0.887. The summed E-state index contributed by atoms with van der Waals surface area (Å²) in [4.78, 5) is 0. The molecule has 5 heteroatoms. The average molecular weight is 247 g/mol. The molecule has 88 valence electrons. The van der Waals surface area contributed by atoms with Gasteiger partial charge in [-0.25, -0.2) is 4.39 Å². The summed E-state index contributed by atoms with van der Waals surface area (Å²) in [6.07, 6.45) is -0.602. The van der Waals surface area contributed by atoms with Gasteiger partial charge in [0, 0.05) is 19.6 Å². The fraction of sp³-hybridized carbons (Fsp3) is 0.455. The number of benzene rings is 1. The van der Waals surface area contributed by atoms with E-state index >= 15 is 0 Å². The van der Waals surface area contributed by atoms with Gasteiger partial charge < -0.3 is 14.6 Å². The van der Waals surface area contributed by atoms with E-state index in [-0.39, 0.29) is 17.2 Å². The molecule has 3 atom stereocenters. The molecule has 3 unspecified atom stereocenters. The number of hydrogen-bond acceptors (Lipinski definition) is 3. The highest BCUT2D eigenvalue weighted by atomic mass is 35.5. The average Bonchev–Trinajstić information content (AvgIpc) is 2.23. The maximum Gasteiger partial charge on any atom is 0.145 e. The third-order valence-electron chi connectivity index (χ3n) is 2.67. The Morgan fingerprint density at radius 3 is 2.81 bits per heavy atom. The normalized spacial score (nSPS) is 28.6. The minimum Gasteiger partial charge on any atom is -0.487 e. The predicted molar refractivity (Wildman–Crippen MR) is 57.2 cm³/mol. The molecule has 0 saturated heterocycles. The largest absolute Gasteiger partial charge is 0.487 e. The second-order valence-corrected chi connectivity index (χ2v) is 4.14. The van der Waals surface area contributed by atoms with Crippen molar-refractivity contribution < 1.29 is 19.0 Å². The Morgan fingerprint density at radius 2 is 2.25 bits per heavy atom. The number of aliphatic hydroxyl groups is 1. The zero-order valence-electron chi connectivity index (χ0n) is 8.69.